The first kappa shape index (κ1) is 18.9. The molecule has 2 amide bonds. The summed E-state index contributed by atoms with van der Waals surface area (Å²) >= 11 is 0. The number of rotatable bonds is 7. The van der Waals surface area contributed by atoms with E-state index in [-0.39, 0.29) is 18.2 Å². The number of hydrazine groups is 1. The van der Waals surface area contributed by atoms with Crippen molar-refractivity contribution in [3.05, 3.63) is 18.2 Å². The van der Waals surface area contributed by atoms with Crippen LogP contribution in [0.3, 0.4) is 0 Å². The highest BCUT2D eigenvalue weighted by Crippen LogP contribution is 2.31. The minimum absolute atomic E-state index is 0.0804. The maximum Gasteiger partial charge on any atom is 0.233 e. The normalized spacial score (nSPS) is 14.2. The summed E-state index contributed by atoms with van der Waals surface area (Å²) in [4.78, 5) is 27.3. The largest absolute Gasteiger partial charge is 0.493 e. The van der Waals surface area contributed by atoms with Gasteiger partial charge in [-0.3, -0.25) is 15.0 Å². The van der Waals surface area contributed by atoms with Gasteiger partial charge in [-0.2, -0.15) is 0 Å². The van der Waals surface area contributed by atoms with Crippen LogP contribution in [0.4, 0.5) is 5.69 Å². The maximum atomic E-state index is 12.2. The van der Waals surface area contributed by atoms with Gasteiger partial charge in [0.05, 0.1) is 14.2 Å². The van der Waals surface area contributed by atoms with Crippen LogP contribution in [0, 0.1) is 0 Å². The molecule has 0 atom stereocenters. The van der Waals surface area contributed by atoms with Gasteiger partial charge in [-0.05, 0) is 18.6 Å². The third-order valence-corrected chi connectivity index (χ3v) is 4.32. The van der Waals surface area contributed by atoms with Gasteiger partial charge in [-0.15, -0.1) is 0 Å². The first-order chi connectivity index (χ1) is 12.1. The molecule has 0 saturated carbocycles. The van der Waals surface area contributed by atoms with Crippen LogP contribution in [-0.4, -0.2) is 57.1 Å². The van der Waals surface area contributed by atoms with Gasteiger partial charge >= 0.3 is 0 Å². The molecule has 2 rings (SSSR count). The van der Waals surface area contributed by atoms with Gasteiger partial charge < -0.3 is 19.3 Å². The quantitative estimate of drug-likeness (QED) is 0.423. The van der Waals surface area contributed by atoms with E-state index in [1.807, 2.05) is 23.1 Å². The van der Waals surface area contributed by atoms with Crippen LogP contribution in [0.2, 0.25) is 0 Å². The van der Waals surface area contributed by atoms with Gasteiger partial charge in [0.15, 0.2) is 11.5 Å². The molecule has 0 unspecified atom stereocenters. The summed E-state index contributed by atoms with van der Waals surface area (Å²) in [5.74, 6) is 6.25. The number of piperazine rings is 1. The number of anilines is 1. The zero-order valence-electron chi connectivity index (χ0n) is 14.8. The van der Waals surface area contributed by atoms with Crippen LogP contribution < -0.4 is 25.6 Å². The second-order valence-electron chi connectivity index (χ2n) is 5.83. The predicted molar refractivity (Wildman–Crippen MR) is 94.5 cm³/mol. The number of amides is 2. The summed E-state index contributed by atoms with van der Waals surface area (Å²) < 4.78 is 10.6. The Hall–Kier alpha value is -2.48. The molecule has 138 valence electrons. The van der Waals surface area contributed by atoms with E-state index < -0.39 is 0 Å². The Labute approximate surface area is 147 Å². The van der Waals surface area contributed by atoms with Crippen molar-refractivity contribution in [3.63, 3.8) is 0 Å². The molecule has 0 aromatic heterocycles. The van der Waals surface area contributed by atoms with Crippen LogP contribution in [0.5, 0.6) is 11.5 Å². The van der Waals surface area contributed by atoms with Crippen molar-refractivity contribution in [2.45, 2.75) is 19.3 Å². The molecule has 1 fully saturated rings. The lowest BCUT2D eigenvalue weighted by Crippen LogP contribution is -2.48. The summed E-state index contributed by atoms with van der Waals surface area (Å²) in [7, 11) is 3.22. The number of methoxy groups -OCH3 is 2. The standard InChI is InChI=1S/C17H26N4O4/c1-24-14-7-6-13(12-15(14)25-2)20-8-10-21(11-9-20)17(23)5-3-4-16(22)19-18/h6-7,12H,3-5,8-11,18H2,1-2H3,(H,19,22). The highest BCUT2D eigenvalue weighted by atomic mass is 16.5. The molecule has 8 nitrogen and oxygen atoms in total. The van der Waals surface area contributed by atoms with Crippen molar-refractivity contribution in [3.8, 4) is 11.5 Å². The summed E-state index contributed by atoms with van der Waals surface area (Å²) in [5, 5.41) is 0. The molecule has 25 heavy (non-hydrogen) atoms. The van der Waals surface area contributed by atoms with Crippen molar-refractivity contribution < 1.29 is 19.1 Å². The number of ether oxygens (including phenoxy) is 2. The van der Waals surface area contributed by atoms with E-state index in [0.29, 0.717) is 37.4 Å². The topological polar surface area (TPSA) is 97.1 Å². The molecule has 1 aliphatic rings. The summed E-state index contributed by atoms with van der Waals surface area (Å²) in [6, 6.07) is 5.82. The van der Waals surface area contributed by atoms with E-state index in [0.717, 1.165) is 18.8 Å². The van der Waals surface area contributed by atoms with Gasteiger partial charge in [0.1, 0.15) is 0 Å². The molecule has 0 spiro atoms. The van der Waals surface area contributed by atoms with E-state index in [4.69, 9.17) is 15.3 Å². The number of carbonyl (C=O) groups excluding carboxylic acids is 2. The fraction of sp³-hybridized carbons (Fsp3) is 0.529. The Morgan fingerprint density at radius 3 is 2.36 bits per heavy atom. The van der Waals surface area contributed by atoms with E-state index in [1.54, 1.807) is 14.2 Å². The zero-order chi connectivity index (χ0) is 18.2. The third kappa shape index (κ3) is 4.99. The molecule has 1 aromatic carbocycles. The molecular formula is C17H26N4O4. The Kier molecular flexibility index (Phi) is 6.88. The SMILES string of the molecule is COc1ccc(N2CCN(C(=O)CCCC(=O)NN)CC2)cc1OC. The fourth-order valence-electron chi connectivity index (χ4n) is 2.87. The zero-order valence-corrected chi connectivity index (χ0v) is 14.8. The lowest BCUT2D eigenvalue weighted by Gasteiger charge is -2.36. The monoisotopic (exact) mass is 350 g/mol. The molecule has 0 radical (unpaired) electrons. The third-order valence-electron chi connectivity index (χ3n) is 4.32. The summed E-state index contributed by atoms with van der Waals surface area (Å²) in [5.41, 5.74) is 3.12. The second kappa shape index (κ2) is 9.12. The second-order valence-corrected chi connectivity index (χ2v) is 5.83. The molecule has 8 heteroatoms. The van der Waals surface area contributed by atoms with Gasteiger partial charge in [0, 0.05) is 50.8 Å². The first-order valence-electron chi connectivity index (χ1n) is 8.33. The van der Waals surface area contributed by atoms with Gasteiger partial charge in [-0.1, -0.05) is 0 Å². The lowest BCUT2D eigenvalue weighted by atomic mass is 10.2. The number of nitrogens with two attached hydrogens (primary N) is 1. The molecular weight excluding hydrogens is 324 g/mol. The van der Waals surface area contributed by atoms with Gasteiger partial charge in [0.25, 0.3) is 0 Å². The minimum Gasteiger partial charge on any atom is -0.493 e. The fourth-order valence-corrected chi connectivity index (χ4v) is 2.87. The van der Waals surface area contributed by atoms with E-state index in [1.165, 1.54) is 0 Å². The van der Waals surface area contributed by atoms with Crippen LogP contribution >= 0.6 is 0 Å². The number of nitrogens with one attached hydrogen (secondary N) is 1. The lowest BCUT2D eigenvalue weighted by molar-refractivity contribution is -0.131. The van der Waals surface area contributed by atoms with Crippen molar-refractivity contribution in [2.24, 2.45) is 5.84 Å². The van der Waals surface area contributed by atoms with Crippen LogP contribution in [0.15, 0.2) is 18.2 Å². The highest BCUT2D eigenvalue weighted by Gasteiger charge is 2.21. The maximum absolute atomic E-state index is 12.2. The van der Waals surface area contributed by atoms with E-state index in [9.17, 15) is 9.59 Å². The average Bonchev–Trinajstić information content (AvgIpc) is 2.67. The first-order valence-corrected chi connectivity index (χ1v) is 8.33. The molecule has 1 saturated heterocycles. The van der Waals surface area contributed by atoms with Crippen LogP contribution in [-0.2, 0) is 9.59 Å². The highest BCUT2D eigenvalue weighted by molar-refractivity contribution is 5.78. The predicted octanol–water partition coefficient (Wildman–Crippen LogP) is 0.513. The van der Waals surface area contributed by atoms with Crippen molar-refractivity contribution >= 4 is 17.5 Å². The smallest absolute Gasteiger partial charge is 0.233 e. The van der Waals surface area contributed by atoms with Crippen LogP contribution in [0.25, 0.3) is 0 Å². The van der Waals surface area contributed by atoms with Gasteiger partial charge in [-0.25, -0.2) is 5.84 Å². The molecule has 0 bridgehead atoms. The molecule has 1 aliphatic heterocycles. The summed E-state index contributed by atoms with van der Waals surface area (Å²) in [6.45, 7) is 2.83. The number of carbonyl (C=O) groups is 2. The molecule has 3 N–H and O–H groups in total. The Morgan fingerprint density at radius 1 is 1.08 bits per heavy atom. The van der Waals surface area contributed by atoms with Crippen molar-refractivity contribution in [1.29, 1.82) is 0 Å². The number of benzene rings is 1. The Balaban J connectivity index is 1.85. The number of hydrogen-bond donors (Lipinski definition) is 2. The van der Waals surface area contributed by atoms with Crippen molar-refractivity contribution in [2.75, 3.05) is 45.3 Å². The van der Waals surface area contributed by atoms with Gasteiger partial charge in [0.2, 0.25) is 11.8 Å². The Morgan fingerprint density at radius 2 is 1.76 bits per heavy atom. The molecule has 1 aromatic rings. The minimum atomic E-state index is -0.244. The van der Waals surface area contributed by atoms with E-state index in [2.05, 4.69) is 10.3 Å². The van der Waals surface area contributed by atoms with Crippen LogP contribution in [0.1, 0.15) is 19.3 Å². The van der Waals surface area contributed by atoms with E-state index >= 15 is 0 Å². The Bertz CT molecular complexity index is 600. The molecule has 0 aliphatic carbocycles. The number of nitrogens with zero attached hydrogens (tertiary/aromatic N) is 2. The molecule has 1 heterocycles. The average molecular weight is 350 g/mol. The van der Waals surface area contributed by atoms with Crippen molar-refractivity contribution in [1.82, 2.24) is 10.3 Å². The summed E-state index contributed by atoms with van der Waals surface area (Å²) in [6.07, 6.45) is 1.15. The number of hydrogen-bond acceptors (Lipinski definition) is 6.